The zero-order valence-corrected chi connectivity index (χ0v) is 22.0. The van der Waals surface area contributed by atoms with E-state index in [0.29, 0.717) is 8.95 Å². The molecule has 4 amide bonds. The molecule has 0 spiro atoms. The number of barbiturate groups is 1. The highest BCUT2D eigenvalue weighted by atomic mass is 79.9. The van der Waals surface area contributed by atoms with Crippen molar-refractivity contribution in [2.75, 3.05) is 4.90 Å². The number of carbonyl (C=O) groups is 4. The summed E-state index contributed by atoms with van der Waals surface area (Å²) in [5, 5.41) is 13.0. The van der Waals surface area contributed by atoms with Crippen LogP contribution in [0.2, 0.25) is 0 Å². The summed E-state index contributed by atoms with van der Waals surface area (Å²) in [5.74, 6) is -2.62. The van der Waals surface area contributed by atoms with Crippen molar-refractivity contribution in [3.05, 3.63) is 102 Å². The molecule has 0 aromatic heterocycles. The number of hydrogen-bond donors (Lipinski definition) is 1. The third-order valence-corrected chi connectivity index (χ3v) is 6.29. The van der Waals surface area contributed by atoms with Crippen molar-refractivity contribution in [2.45, 2.75) is 6.92 Å². The number of nitrogens with zero attached hydrogens (tertiary/aromatic N) is 2. The number of ether oxygens (including phenoxy) is 1. The number of carbonyl (C=O) groups excluding carboxylic acids is 4. The third-order valence-electron chi connectivity index (χ3n) is 5.24. The Balaban J connectivity index is 1.72. The SMILES string of the molecule is Cc1ccc(N2C(=O)NC(=O)/C(=C/c3cc(Br)cc(Br)c3OC(=O)c3ccc([N+](=O)[O-])cc3)C2=O)cc1. The molecule has 1 fully saturated rings. The van der Waals surface area contributed by atoms with Gasteiger partial charge in [-0.15, -0.1) is 0 Å². The van der Waals surface area contributed by atoms with Gasteiger partial charge in [-0.05, 0) is 65.3 Å². The van der Waals surface area contributed by atoms with Crippen LogP contribution in [0.5, 0.6) is 5.75 Å². The van der Waals surface area contributed by atoms with Gasteiger partial charge in [0.25, 0.3) is 17.5 Å². The summed E-state index contributed by atoms with van der Waals surface area (Å²) in [4.78, 5) is 62.2. The van der Waals surface area contributed by atoms with E-state index < -0.39 is 28.7 Å². The van der Waals surface area contributed by atoms with E-state index in [1.54, 1.807) is 30.3 Å². The van der Waals surface area contributed by atoms with Gasteiger partial charge in [-0.25, -0.2) is 14.5 Å². The van der Waals surface area contributed by atoms with Crippen LogP contribution in [0.15, 0.2) is 75.2 Å². The second-order valence-electron chi connectivity index (χ2n) is 7.79. The Morgan fingerprint density at radius 1 is 1.03 bits per heavy atom. The first-order chi connectivity index (χ1) is 17.5. The maximum atomic E-state index is 13.2. The number of urea groups is 1. The number of nitro groups is 1. The van der Waals surface area contributed by atoms with Gasteiger partial charge in [-0.2, -0.15) is 0 Å². The lowest BCUT2D eigenvalue weighted by molar-refractivity contribution is -0.384. The molecule has 0 atom stereocenters. The topological polar surface area (TPSA) is 136 Å². The molecule has 1 heterocycles. The maximum Gasteiger partial charge on any atom is 0.343 e. The van der Waals surface area contributed by atoms with E-state index in [4.69, 9.17) is 4.74 Å². The molecule has 3 aromatic carbocycles. The largest absolute Gasteiger partial charge is 0.421 e. The predicted octanol–water partition coefficient (Wildman–Crippen LogP) is 5.31. The molecular formula is C25H15Br2N3O7. The Hall–Kier alpha value is -4.16. The lowest BCUT2D eigenvalue weighted by Crippen LogP contribution is -2.54. The van der Waals surface area contributed by atoms with E-state index >= 15 is 0 Å². The second kappa shape index (κ2) is 10.4. The number of rotatable bonds is 5. The quantitative estimate of drug-likeness (QED) is 0.101. The zero-order valence-electron chi connectivity index (χ0n) is 18.9. The van der Waals surface area contributed by atoms with Crippen molar-refractivity contribution in [3.63, 3.8) is 0 Å². The molecule has 10 nitrogen and oxygen atoms in total. The van der Waals surface area contributed by atoms with Gasteiger partial charge in [0.1, 0.15) is 5.57 Å². The molecule has 37 heavy (non-hydrogen) atoms. The van der Waals surface area contributed by atoms with Crippen LogP contribution in [-0.4, -0.2) is 28.7 Å². The summed E-state index contributed by atoms with van der Waals surface area (Å²) in [7, 11) is 0. The number of nitro benzene ring substituents is 1. The minimum absolute atomic E-state index is 0.0153. The summed E-state index contributed by atoms with van der Waals surface area (Å²) in [6.07, 6.45) is 1.21. The van der Waals surface area contributed by atoms with Gasteiger partial charge >= 0.3 is 12.0 Å². The van der Waals surface area contributed by atoms with Crippen molar-refractivity contribution >= 4 is 73.1 Å². The molecule has 0 bridgehead atoms. The molecule has 186 valence electrons. The highest BCUT2D eigenvalue weighted by Gasteiger charge is 2.37. The first kappa shape index (κ1) is 25.9. The Kier molecular flexibility index (Phi) is 7.32. The van der Waals surface area contributed by atoms with Gasteiger partial charge in [-0.1, -0.05) is 33.6 Å². The van der Waals surface area contributed by atoms with Gasteiger partial charge < -0.3 is 4.74 Å². The van der Waals surface area contributed by atoms with E-state index in [1.165, 1.54) is 24.3 Å². The lowest BCUT2D eigenvalue weighted by Gasteiger charge is -2.26. The van der Waals surface area contributed by atoms with Gasteiger partial charge in [0.05, 0.1) is 20.6 Å². The minimum atomic E-state index is -0.915. The van der Waals surface area contributed by atoms with Crippen LogP contribution >= 0.6 is 31.9 Å². The van der Waals surface area contributed by atoms with Gasteiger partial charge in [0.15, 0.2) is 5.75 Å². The molecule has 1 aliphatic rings. The van der Waals surface area contributed by atoms with Gasteiger partial charge in [-0.3, -0.25) is 25.0 Å². The number of halogens is 2. The van der Waals surface area contributed by atoms with E-state index in [-0.39, 0.29) is 33.8 Å². The van der Waals surface area contributed by atoms with Crippen LogP contribution < -0.4 is 15.0 Å². The fourth-order valence-electron chi connectivity index (χ4n) is 3.41. The Labute approximate surface area is 226 Å². The van der Waals surface area contributed by atoms with Crippen LogP contribution in [0, 0.1) is 17.0 Å². The molecule has 0 aliphatic carbocycles. The molecule has 3 aromatic rings. The van der Waals surface area contributed by atoms with Crippen LogP contribution in [-0.2, 0) is 9.59 Å². The number of imide groups is 2. The van der Waals surface area contributed by atoms with Gasteiger partial charge in [0.2, 0.25) is 0 Å². The number of hydrogen-bond acceptors (Lipinski definition) is 7. The highest BCUT2D eigenvalue weighted by Crippen LogP contribution is 2.36. The van der Waals surface area contributed by atoms with Crippen LogP contribution in [0.1, 0.15) is 21.5 Å². The highest BCUT2D eigenvalue weighted by molar-refractivity contribution is 9.11. The number of aryl methyl sites for hydroxylation is 1. The van der Waals surface area contributed by atoms with E-state index in [0.717, 1.165) is 22.6 Å². The van der Waals surface area contributed by atoms with E-state index in [9.17, 15) is 29.3 Å². The summed E-state index contributed by atoms with van der Waals surface area (Å²) < 4.78 is 6.39. The standard InChI is InChI=1S/C25H15Br2N3O7/c1-13-2-6-17(7-3-13)29-23(32)19(22(31)28-25(29)34)11-15-10-16(26)12-20(27)21(15)37-24(33)14-4-8-18(9-5-14)30(35)36/h2-12H,1H3,(H,28,31,34)/b19-11-. The fourth-order valence-corrected chi connectivity index (χ4v) is 4.75. The van der Waals surface area contributed by atoms with Crippen LogP contribution in [0.25, 0.3) is 6.08 Å². The average molecular weight is 629 g/mol. The summed E-state index contributed by atoms with van der Waals surface area (Å²) in [5.41, 5.74) is 0.847. The number of amides is 4. The molecule has 1 saturated heterocycles. The Bertz CT molecular complexity index is 1500. The summed E-state index contributed by atoms with van der Waals surface area (Å²) in [6, 6.07) is 13.6. The smallest absolute Gasteiger partial charge is 0.343 e. The lowest BCUT2D eigenvalue weighted by atomic mass is 10.1. The Morgan fingerprint density at radius 2 is 1.68 bits per heavy atom. The number of non-ortho nitro benzene ring substituents is 1. The molecular weight excluding hydrogens is 614 g/mol. The van der Waals surface area contributed by atoms with Crippen molar-refractivity contribution in [3.8, 4) is 5.75 Å². The van der Waals surface area contributed by atoms with Crippen molar-refractivity contribution in [2.24, 2.45) is 0 Å². The zero-order chi connectivity index (χ0) is 26.9. The monoisotopic (exact) mass is 627 g/mol. The molecule has 0 unspecified atom stereocenters. The molecule has 0 radical (unpaired) electrons. The van der Waals surface area contributed by atoms with Crippen molar-refractivity contribution in [1.82, 2.24) is 5.32 Å². The summed E-state index contributed by atoms with van der Waals surface area (Å²) >= 11 is 6.64. The average Bonchev–Trinajstić information content (AvgIpc) is 2.84. The fraction of sp³-hybridized carbons (Fsp3) is 0.0400. The number of benzene rings is 3. The normalized spacial score (nSPS) is 14.5. The van der Waals surface area contributed by atoms with Crippen molar-refractivity contribution < 1.29 is 28.8 Å². The second-order valence-corrected chi connectivity index (χ2v) is 9.56. The molecule has 12 heteroatoms. The molecule has 4 rings (SSSR count). The molecule has 1 aliphatic heterocycles. The molecule has 1 N–H and O–H groups in total. The molecule has 0 saturated carbocycles. The third kappa shape index (κ3) is 5.49. The first-order valence-corrected chi connectivity index (χ1v) is 12.1. The van der Waals surface area contributed by atoms with Crippen molar-refractivity contribution in [1.29, 1.82) is 0 Å². The number of anilines is 1. The van der Waals surface area contributed by atoms with Gasteiger partial charge in [0, 0.05) is 22.2 Å². The first-order valence-electron chi connectivity index (χ1n) is 10.5. The van der Waals surface area contributed by atoms with Crippen LogP contribution in [0.4, 0.5) is 16.2 Å². The number of nitrogens with one attached hydrogen (secondary N) is 1. The van der Waals surface area contributed by atoms with Crippen LogP contribution in [0.3, 0.4) is 0 Å². The maximum absolute atomic E-state index is 13.2. The van der Waals surface area contributed by atoms with E-state index in [1.807, 2.05) is 6.92 Å². The number of esters is 1. The summed E-state index contributed by atoms with van der Waals surface area (Å²) in [6.45, 7) is 1.85. The van der Waals surface area contributed by atoms with E-state index in [2.05, 4.69) is 37.2 Å². The minimum Gasteiger partial charge on any atom is -0.421 e. The Morgan fingerprint density at radius 3 is 2.30 bits per heavy atom. The predicted molar refractivity (Wildman–Crippen MR) is 140 cm³/mol.